The van der Waals surface area contributed by atoms with E-state index in [9.17, 15) is 28.1 Å². The number of rotatable bonds is 4. The molecule has 1 aromatic carbocycles. The van der Waals surface area contributed by atoms with E-state index in [0.717, 1.165) is 14.2 Å². The lowest BCUT2D eigenvalue weighted by atomic mass is 10.0. The average Bonchev–Trinajstić information content (AvgIpc) is 2.34. The van der Waals surface area contributed by atoms with Crippen molar-refractivity contribution in [1.29, 1.82) is 0 Å². The zero-order valence-corrected chi connectivity index (χ0v) is 10.8. The van der Waals surface area contributed by atoms with Crippen LogP contribution in [0.5, 0.6) is 11.5 Å². The SMILES string of the molecule is COc1c([N+](=O)[O-])cc(C(=O)Cl)c(C(F)(F)F)c1OC. The maximum absolute atomic E-state index is 13.0. The minimum atomic E-state index is -5.01. The van der Waals surface area contributed by atoms with Crippen molar-refractivity contribution in [3.63, 3.8) is 0 Å². The third kappa shape index (κ3) is 2.77. The van der Waals surface area contributed by atoms with Crippen molar-refractivity contribution in [1.82, 2.24) is 0 Å². The molecule has 0 saturated heterocycles. The Hall–Kier alpha value is -2.03. The van der Waals surface area contributed by atoms with Crippen molar-refractivity contribution in [2.75, 3.05) is 14.2 Å². The van der Waals surface area contributed by atoms with Crippen LogP contribution in [0.15, 0.2) is 6.07 Å². The number of hydrogen-bond acceptors (Lipinski definition) is 5. The standard InChI is InChI=1S/C10H7ClF3NO5/c1-19-7-5(15(17)18)3-4(9(11)16)6(8(7)20-2)10(12,13)14/h3H,1-2H3. The summed E-state index contributed by atoms with van der Waals surface area (Å²) >= 11 is 5.06. The van der Waals surface area contributed by atoms with Gasteiger partial charge in [0.2, 0.25) is 5.75 Å². The third-order valence-electron chi connectivity index (χ3n) is 2.32. The number of carbonyl (C=O) groups is 1. The first kappa shape index (κ1) is 16.0. The summed E-state index contributed by atoms with van der Waals surface area (Å²) in [6.07, 6.45) is -5.01. The number of nitro groups is 1. The molecule has 0 amide bonds. The fourth-order valence-corrected chi connectivity index (χ4v) is 1.74. The number of methoxy groups -OCH3 is 2. The fraction of sp³-hybridized carbons (Fsp3) is 0.300. The number of nitrogens with zero attached hydrogens (tertiary/aromatic N) is 1. The molecule has 6 nitrogen and oxygen atoms in total. The van der Waals surface area contributed by atoms with Crippen LogP contribution in [-0.2, 0) is 6.18 Å². The number of ether oxygens (including phenoxy) is 2. The molecule has 0 unspecified atom stereocenters. The Morgan fingerprint density at radius 2 is 1.80 bits per heavy atom. The molecule has 0 saturated carbocycles. The first-order chi connectivity index (χ1) is 9.15. The van der Waals surface area contributed by atoms with Gasteiger partial charge in [-0.05, 0) is 11.6 Å². The molecule has 110 valence electrons. The second-order valence-corrected chi connectivity index (χ2v) is 3.76. The monoisotopic (exact) mass is 313 g/mol. The van der Waals surface area contributed by atoms with Crippen molar-refractivity contribution in [3.8, 4) is 11.5 Å². The number of carbonyl (C=O) groups excluding carboxylic acids is 1. The van der Waals surface area contributed by atoms with Crippen LogP contribution in [0, 0.1) is 10.1 Å². The number of benzene rings is 1. The summed E-state index contributed by atoms with van der Waals surface area (Å²) in [6.45, 7) is 0. The summed E-state index contributed by atoms with van der Waals surface area (Å²) in [4.78, 5) is 20.9. The van der Waals surface area contributed by atoms with Crippen molar-refractivity contribution < 1.29 is 32.4 Å². The van der Waals surface area contributed by atoms with Crippen molar-refractivity contribution in [2.24, 2.45) is 0 Å². The molecule has 10 heteroatoms. The highest BCUT2D eigenvalue weighted by atomic mass is 35.5. The number of nitro benzene ring substituents is 1. The Kier molecular flexibility index (Phi) is 4.43. The van der Waals surface area contributed by atoms with Crippen molar-refractivity contribution in [2.45, 2.75) is 6.18 Å². The van der Waals surface area contributed by atoms with E-state index in [-0.39, 0.29) is 0 Å². The van der Waals surface area contributed by atoms with Gasteiger partial charge in [0.05, 0.1) is 24.7 Å². The highest BCUT2D eigenvalue weighted by Crippen LogP contribution is 2.48. The highest BCUT2D eigenvalue weighted by molar-refractivity contribution is 6.68. The molecule has 0 aliphatic carbocycles. The quantitative estimate of drug-likeness (QED) is 0.485. The van der Waals surface area contributed by atoms with E-state index in [2.05, 4.69) is 9.47 Å². The molecule has 0 radical (unpaired) electrons. The van der Waals surface area contributed by atoms with Gasteiger partial charge in [0.1, 0.15) is 5.56 Å². The summed E-state index contributed by atoms with van der Waals surface area (Å²) in [5, 5.41) is 9.32. The summed E-state index contributed by atoms with van der Waals surface area (Å²) in [7, 11) is 1.80. The lowest BCUT2D eigenvalue weighted by Crippen LogP contribution is -2.15. The molecule has 0 aliphatic heterocycles. The Bertz CT molecular complexity index is 573. The van der Waals surface area contributed by atoms with E-state index in [1.54, 1.807) is 0 Å². The molecule has 0 fully saturated rings. The van der Waals surface area contributed by atoms with Gasteiger partial charge in [-0.25, -0.2) is 0 Å². The number of halogens is 4. The van der Waals surface area contributed by atoms with Crippen molar-refractivity contribution in [3.05, 3.63) is 27.3 Å². The second-order valence-electron chi connectivity index (χ2n) is 3.41. The molecule has 1 rings (SSSR count). The van der Waals surface area contributed by atoms with Crippen LogP contribution < -0.4 is 9.47 Å². The van der Waals surface area contributed by atoms with Gasteiger partial charge in [-0.1, -0.05) is 0 Å². The van der Waals surface area contributed by atoms with Crippen LogP contribution in [-0.4, -0.2) is 24.4 Å². The Morgan fingerprint density at radius 1 is 1.30 bits per heavy atom. The van der Waals surface area contributed by atoms with Crippen LogP contribution in [0.4, 0.5) is 18.9 Å². The Balaban J connectivity index is 3.91. The molecular formula is C10H7ClF3NO5. The summed E-state index contributed by atoms with van der Waals surface area (Å²) in [5.74, 6) is -1.72. The maximum Gasteiger partial charge on any atom is 0.420 e. The van der Waals surface area contributed by atoms with Crippen LogP contribution in [0.1, 0.15) is 15.9 Å². The zero-order valence-electron chi connectivity index (χ0n) is 10.1. The van der Waals surface area contributed by atoms with Crippen LogP contribution >= 0.6 is 11.6 Å². The number of hydrogen-bond donors (Lipinski definition) is 0. The van der Waals surface area contributed by atoms with Gasteiger partial charge in [-0.3, -0.25) is 14.9 Å². The van der Waals surface area contributed by atoms with E-state index < -0.39 is 44.7 Å². The zero-order chi connectivity index (χ0) is 15.7. The lowest BCUT2D eigenvalue weighted by molar-refractivity contribution is -0.385. The molecular weight excluding hydrogens is 307 g/mol. The molecule has 0 N–H and O–H groups in total. The average molecular weight is 314 g/mol. The molecule has 1 aromatic rings. The van der Waals surface area contributed by atoms with E-state index >= 15 is 0 Å². The summed E-state index contributed by atoms with van der Waals surface area (Å²) in [6, 6.07) is 0.402. The van der Waals surface area contributed by atoms with Crippen molar-refractivity contribution >= 4 is 22.5 Å². The van der Waals surface area contributed by atoms with Gasteiger partial charge in [-0.2, -0.15) is 13.2 Å². The minimum Gasteiger partial charge on any atom is -0.492 e. The van der Waals surface area contributed by atoms with Gasteiger partial charge < -0.3 is 9.47 Å². The normalized spacial score (nSPS) is 11.1. The molecule has 20 heavy (non-hydrogen) atoms. The van der Waals surface area contributed by atoms with E-state index in [1.807, 2.05) is 0 Å². The Labute approximate surface area is 115 Å². The third-order valence-corrected chi connectivity index (χ3v) is 2.52. The first-order valence-electron chi connectivity index (χ1n) is 4.85. The minimum absolute atomic E-state index is 0.402. The largest absolute Gasteiger partial charge is 0.492 e. The molecule has 0 aliphatic rings. The lowest BCUT2D eigenvalue weighted by Gasteiger charge is -2.17. The van der Waals surface area contributed by atoms with Crippen LogP contribution in [0.2, 0.25) is 0 Å². The van der Waals surface area contributed by atoms with E-state index in [1.165, 1.54) is 0 Å². The van der Waals surface area contributed by atoms with Crippen LogP contribution in [0.25, 0.3) is 0 Å². The number of alkyl halides is 3. The summed E-state index contributed by atoms with van der Waals surface area (Å²) in [5.41, 5.74) is -3.47. The van der Waals surface area contributed by atoms with E-state index in [0.29, 0.717) is 6.07 Å². The topological polar surface area (TPSA) is 78.7 Å². The molecule has 0 bridgehead atoms. The smallest absolute Gasteiger partial charge is 0.420 e. The maximum atomic E-state index is 13.0. The van der Waals surface area contributed by atoms with Gasteiger partial charge in [0.15, 0.2) is 5.75 Å². The highest BCUT2D eigenvalue weighted by Gasteiger charge is 2.43. The molecule has 0 aromatic heterocycles. The molecule has 0 spiro atoms. The van der Waals surface area contributed by atoms with Gasteiger partial charge >= 0.3 is 11.9 Å². The predicted molar refractivity (Wildman–Crippen MR) is 61.4 cm³/mol. The fourth-order valence-electron chi connectivity index (χ4n) is 1.59. The van der Waals surface area contributed by atoms with E-state index in [4.69, 9.17) is 11.6 Å². The second kappa shape index (κ2) is 5.53. The van der Waals surface area contributed by atoms with Crippen LogP contribution in [0.3, 0.4) is 0 Å². The van der Waals surface area contributed by atoms with Gasteiger partial charge in [0.25, 0.3) is 5.24 Å². The Morgan fingerprint density at radius 3 is 2.10 bits per heavy atom. The van der Waals surface area contributed by atoms with Gasteiger partial charge in [-0.15, -0.1) is 0 Å². The summed E-state index contributed by atoms with van der Waals surface area (Å²) < 4.78 is 48.1. The molecule has 0 atom stereocenters. The molecule has 0 heterocycles. The van der Waals surface area contributed by atoms with Gasteiger partial charge in [0, 0.05) is 6.07 Å². The predicted octanol–water partition coefficient (Wildman–Crippen LogP) is 3.01. The first-order valence-corrected chi connectivity index (χ1v) is 5.23.